The Kier molecular flexibility index (Phi) is 5.09. The van der Waals surface area contributed by atoms with Crippen LogP contribution in [0, 0.1) is 0 Å². The number of anilines is 2. The van der Waals surface area contributed by atoms with Crippen molar-refractivity contribution in [2.45, 2.75) is 26.1 Å². The summed E-state index contributed by atoms with van der Waals surface area (Å²) in [5.41, 5.74) is 6.68. The molecule has 0 radical (unpaired) electrons. The molecule has 0 heterocycles. The van der Waals surface area contributed by atoms with Gasteiger partial charge in [0.2, 0.25) is 0 Å². The highest BCUT2D eigenvalue weighted by Gasteiger charge is 2.35. The first-order valence-corrected chi connectivity index (χ1v) is 6.47. The third-order valence-corrected chi connectivity index (χ3v) is 2.97. The van der Waals surface area contributed by atoms with Crippen molar-refractivity contribution in [1.82, 2.24) is 4.90 Å². The minimum atomic E-state index is -4.45. The first-order chi connectivity index (χ1) is 9.53. The highest BCUT2D eigenvalue weighted by Crippen LogP contribution is 2.26. The topological polar surface area (TPSA) is 49.6 Å². The Hall–Kier alpha value is -1.92. The summed E-state index contributed by atoms with van der Waals surface area (Å²) in [7, 11) is 3.43. The molecule has 7 heteroatoms. The number of nitrogen functional groups attached to an aromatic ring is 1. The van der Waals surface area contributed by atoms with Crippen LogP contribution in [-0.4, -0.2) is 43.7 Å². The van der Waals surface area contributed by atoms with E-state index in [1.165, 1.54) is 6.07 Å². The fourth-order valence-corrected chi connectivity index (χ4v) is 1.95. The maximum atomic E-state index is 12.7. The van der Waals surface area contributed by atoms with Gasteiger partial charge in [0, 0.05) is 31.5 Å². The normalized spacial score (nSPS) is 11.6. The minimum Gasteiger partial charge on any atom is -0.399 e. The molecule has 21 heavy (non-hydrogen) atoms. The third kappa shape index (κ3) is 4.54. The summed E-state index contributed by atoms with van der Waals surface area (Å²) < 4.78 is 38.0. The molecule has 0 saturated carbocycles. The van der Waals surface area contributed by atoms with E-state index in [-0.39, 0.29) is 5.56 Å². The van der Waals surface area contributed by atoms with Gasteiger partial charge in [-0.3, -0.25) is 4.79 Å². The van der Waals surface area contributed by atoms with Gasteiger partial charge in [-0.15, -0.1) is 0 Å². The summed E-state index contributed by atoms with van der Waals surface area (Å²) in [5, 5.41) is 0. The van der Waals surface area contributed by atoms with Crippen molar-refractivity contribution in [3.8, 4) is 0 Å². The number of rotatable bonds is 4. The van der Waals surface area contributed by atoms with Gasteiger partial charge in [0.15, 0.2) is 0 Å². The zero-order valence-corrected chi connectivity index (χ0v) is 12.5. The van der Waals surface area contributed by atoms with E-state index in [1.807, 2.05) is 0 Å². The standard InChI is InChI=1S/C14H20F3N3O/c1-9(2)20(8-14(15,16)17)13(21)11-7-10(18)5-6-12(11)19(3)4/h5-7,9H,8,18H2,1-4H3. The average molecular weight is 303 g/mol. The van der Waals surface area contributed by atoms with Crippen molar-refractivity contribution in [3.63, 3.8) is 0 Å². The van der Waals surface area contributed by atoms with Gasteiger partial charge in [0.25, 0.3) is 5.91 Å². The van der Waals surface area contributed by atoms with E-state index >= 15 is 0 Å². The first kappa shape index (κ1) is 17.1. The molecule has 1 aromatic rings. The van der Waals surface area contributed by atoms with Crippen molar-refractivity contribution >= 4 is 17.3 Å². The molecule has 0 atom stereocenters. The molecule has 118 valence electrons. The number of hydrogen-bond donors (Lipinski definition) is 1. The number of carbonyl (C=O) groups excluding carboxylic acids is 1. The molecule has 0 unspecified atom stereocenters. The predicted molar refractivity (Wildman–Crippen MR) is 77.4 cm³/mol. The monoisotopic (exact) mass is 303 g/mol. The van der Waals surface area contributed by atoms with E-state index in [0.29, 0.717) is 11.4 Å². The number of benzene rings is 1. The molecule has 0 spiro atoms. The zero-order valence-electron chi connectivity index (χ0n) is 12.5. The summed E-state index contributed by atoms with van der Waals surface area (Å²) in [6.07, 6.45) is -4.45. The van der Waals surface area contributed by atoms with E-state index in [1.54, 1.807) is 45.0 Å². The molecule has 0 fully saturated rings. The fourth-order valence-electron chi connectivity index (χ4n) is 1.95. The van der Waals surface area contributed by atoms with Crippen molar-refractivity contribution in [2.24, 2.45) is 0 Å². The van der Waals surface area contributed by atoms with Gasteiger partial charge in [0.05, 0.1) is 5.56 Å². The van der Waals surface area contributed by atoms with Crippen LogP contribution in [0.3, 0.4) is 0 Å². The van der Waals surface area contributed by atoms with Crippen LogP contribution in [0.5, 0.6) is 0 Å². The largest absolute Gasteiger partial charge is 0.406 e. The lowest BCUT2D eigenvalue weighted by molar-refractivity contribution is -0.143. The maximum absolute atomic E-state index is 12.7. The third-order valence-electron chi connectivity index (χ3n) is 2.97. The lowest BCUT2D eigenvalue weighted by Gasteiger charge is -2.29. The van der Waals surface area contributed by atoms with E-state index in [4.69, 9.17) is 5.73 Å². The Morgan fingerprint density at radius 1 is 1.29 bits per heavy atom. The Morgan fingerprint density at radius 3 is 2.29 bits per heavy atom. The number of carbonyl (C=O) groups is 1. The number of nitrogens with two attached hydrogens (primary N) is 1. The van der Waals surface area contributed by atoms with Gasteiger partial charge in [-0.2, -0.15) is 13.2 Å². The first-order valence-electron chi connectivity index (χ1n) is 6.47. The fraction of sp³-hybridized carbons (Fsp3) is 0.500. The van der Waals surface area contributed by atoms with Crippen LogP contribution in [0.4, 0.5) is 24.5 Å². The molecule has 0 aromatic heterocycles. The molecule has 0 saturated heterocycles. The molecule has 0 aliphatic rings. The highest BCUT2D eigenvalue weighted by molar-refractivity contribution is 6.00. The van der Waals surface area contributed by atoms with E-state index in [2.05, 4.69) is 0 Å². The number of amides is 1. The minimum absolute atomic E-state index is 0.165. The van der Waals surface area contributed by atoms with Crippen LogP contribution < -0.4 is 10.6 Å². The van der Waals surface area contributed by atoms with Gasteiger partial charge in [-0.1, -0.05) is 0 Å². The lowest BCUT2D eigenvalue weighted by atomic mass is 10.1. The second-order valence-corrected chi connectivity index (χ2v) is 5.31. The van der Waals surface area contributed by atoms with Crippen molar-refractivity contribution in [3.05, 3.63) is 23.8 Å². The Bertz CT molecular complexity index is 513. The van der Waals surface area contributed by atoms with Crippen molar-refractivity contribution in [2.75, 3.05) is 31.3 Å². The molecule has 0 aliphatic carbocycles. The molecule has 1 aromatic carbocycles. The SMILES string of the molecule is CC(C)N(CC(F)(F)F)C(=O)c1cc(N)ccc1N(C)C. The van der Waals surface area contributed by atoms with Gasteiger partial charge in [0.1, 0.15) is 6.54 Å². The maximum Gasteiger partial charge on any atom is 0.406 e. The van der Waals surface area contributed by atoms with Crippen LogP contribution in [0.25, 0.3) is 0 Å². The van der Waals surface area contributed by atoms with Crippen LogP contribution in [0.15, 0.2) is 18.2 Å². The van der Waals surface area contributed by atoms with Gasteiger partial charge >= 0.3 is 6.18 Å². The quantitative estimate of drug-likeness (QED) is 0.870. The summed E-state index contributed by atoms with van der Waals surface area (Å²) in [4.78, 5) is 14.9. The summed E-state index contributed by atoms with van der Waals surface area (Å²) in [6, 6.07) is 4.06. The van der Waals surface area contributed by atoms with E-state index < -0.39 is 24.7 Å². The van der Waals surface area contributed by atoms with E-state index in [9.17, 15) is 18.0 Å². The molecule has 4 nitrogen and oxygen atoms in total. The highest BCUT2D eigenvalue weighted by atomic mass is 19.4. The zero-order chi connectivity index (χ0) is 16.4. The van der Waals surface area contributed by atoms with Crippen molar-refractivity contribution < 1.29 is 18.0 Å². The molecular weight excluding hydrogens is 283 g/mol. The van der Waals surface area contributed by atoms with Crippen molar-refractivity contribution in [1.29, 1.82) is 0 Å². The Balaban J connectivity index is 3.23. The van der Waals surface area contributed by atoms with Gasteiger partial charge in [-0.25, -0.2) is 0 Å². The number of alkyl halides is 3. The average Bonchev–Trinajstić information content (AvgIpc) is 2.33. The van der Waals surface area contributed by atoms with Crippen LogP contribution in [0.2, 0.25) is 0 Å². The van der Waals surface area contributed by atoms with Crippen LogP contribution in [0.1, 0.15) is 24.2 Å². The Labute approximate surface area is 122 Å². The molecule has 0 aliphatic heterocycles. The molecule has 2 N–H and O–H groups in total. The molecule has 1 rings (SSSR count). The lowest BCUT2D eigenvalue weighted by Crippen LogP contribution is -2.43. The van der Waals surface area contributed by atoms with Gasteiger partial charge in [-0.05, 0) is 32.0 Å². The summed E-state index contributed by atoms with van der Waals surface area (Å²) in [5.74, 6) is -0.682. The molecular formula is C14H20F3N3O. The predicted octanol–water partition coefficient (Wildman–Crippen LogP) is 2.75. The second-order valence-electron chi connectivity index (χ2n) is 5.31. The summed E-state index contributed by atoms with van der Waals surface area (Å²) >= 11 is 0. The number of nitrogens with zero attached hydrogens (tertiary/aromatic N) is 2. The number of hydrogen-bond acceptors (Lipinski definition) is 3. The molecule has 1 amide bonds. The Morgan fingerprint density at radius 2 is 1.86 bits per heavy atom. The van der Waals surface area contributed by atoms with Crippen LogP contribution in [-0.2, 0) is 0 Å². The second kappa shape index (κ2) is 6.24. The van der Waals surface area contributed by atoms with E-state index in [0.717, 1.165) is 4.90 Å². The molecule has 0 bridgehead atoms. The van der Waals surface area contributed by atoms with Crippen LogP contribution >= 0.6 is 0 Å². The van der Waals surface area contributed by atoms with Gasteiger partial charge < -0.3 is 15.5 Å². The summed E-state index contributed by atoms with van der Waals surface area (Å²) in [6.45, 7) is 1.81. The smallest absolute Gasteiger partial charge is 0.399 e. The number of halogens is 3.